The van der Waals surface area contributed by atoms with E-state index in [1.165, 1.54) is 10.6 Å². The Labute approximate surface area is 83.9 Å². The molecule has 0 amide bonds. The van der Waals surface area contributed by atoms with Crippen molar-refractivity contribution in [2.45, 2.75) is 12.5 Å². The fourth-order valence-corrected chi connectivity index (χ4v) is 1.70. The molecule has 3 heteroatoms. The van der Waals surface area contributed by atoms with Crippen LogP contribution in [0, 0.1) is 0 Å². The predicted molar refractivity (Wildman–Crippen MR) is 53.2 cm³/mol. The number of ether oxygens (including phenoxy) is 1. The highest BCUT2D eigenvalue weighted by Crippen LogP contribution is 2.10. The van der Waals surface area contributed by atoms with Gasteiger partial charge in [0.25, 0.3) is 0 Å². The minimum absolute atomic E-state index is 0.121. The Hall–Kier alpha value is -0.900. The molecule has 76 valence electrons. The van der Waals surface area contributed by atoms with Crippen LogP contribution in [-0.4, -0.2) is 36.1 Å². The Morgan fingerprint density at radius 2 is 2.14 bits per heavy atom. The molecule has 1 N–H and O–H groups in total. The minimum atomic E-state index is 0.121. The lowest BCUT2D eigenvalue weighted by atomic mass is 10.1. The SMILES string of the molecule is ON1CCOC(Cc2ccccc2)C1. The van der Waals surface area contributed by atoms with E-state index in [2.05, 4.69) is 12.1 Å². The van der Waals surface area contributed by atoms with Gasteiger partial charge in [0.15, 0.2) is 0 Å². The van der Waals surface area contributed by atoms with Crippen molar-refractivity contribution < 1.29 is 9.94 Å². The van der Waals surface area contributed by atoms with E-state index in [0.717, 1.165) is 6.42 Å². The molecule has 0 radical (unpaired) electrons. The van der Waals surface area contributed by atoms with Crippen LogP contribution in [0.25, 0.3) is 0 Å². The van der Waals surface area contributed by atoms with Crippen molar-refractivity contribution in [3.63, 3.8) is 0 Å². The highest BCUT2D eigenvalue weighted by atomic mass is 16.5. The Morgan fingerprint density at radius 1 is 1.36 bits per heavy atom. The second-order valence-electron chi connectivity index (χ2n) is 3.60. The van der Waals surface area contributed by atoms with Gasteiger partial charge < -0.3 is 9.94 Å². The fourth-order valence-electron chi connectivity index (χ4n) is 1.70. The number of hydrogen-bond donors (Lipinski definition) is 1. The third-order valence-corrected chi connectivity index (χ3v) is 2.42. The molecular weight excluding hydrogens is 178 g/mol. The Kier molecular flexibility index (Phi) is 3.14. The van der Waals surface area contributed by atoms with Crippen molar-refractivity contribution in [1.82, 2.24) is 5.06 Å². The van der Waals surface area contributed by atoms with Gasteiger partial charge in [-0.3, -0.25) is 0 Å². The van der Waals surface area contributed by atoms with Crippen LogP contribution < -0.4 is 0 Å². The largest absolute Gasteiger partial charge is 0.375 e. The first-order valence-corrected chi connectivity index (χ1v) is 4.94. The maximum atomic E-state index is 9.31. The number of benzene rings is 1. The van der Waals surface area contributed by atoms with Crippen molar-refractivity contribution in [3.05, 3.63) is 35.9 Å². The van der Waals surface area contributed by atoms with Crippen LogP contribution >= 0.6 is 0 Å². The maximum Gasteiger partial charge on any atom is 0.0766 e. The van der Waals surface area contributed by atoms with Crippen molar-refractivity contribution in [2.24, 2.45) is 0 Å². The van der Waals surface area contributed by atoms with E-state index in [1.54, 1.807) is 0 Å². The molecule has 0 saturated carbocycles. The Bertz CT molecular complexity index is 276. The zero-order valence-electron chi connectivity index (χ0n) is 8.10. The van der Waals surface area contributed by atoms with E-state index in [9.17, 15) is 5.21 Å². The molecule has 1 aliphatic rings. The molecule has 1 atom stereocenters. The van der Waals surface area contributed by atoms with E-state index < -0.39 is 0 Å². The molecule has 1 fully saturated rings. The zero-order valence-corrected chi connectivity index (χ0v) is 8.10. The first kappa shape index (κ1) is 9.65. The van der Waals surface area contributed by atoms with Gasteiger partial charge in [-0.05, 0) is 12.0 Å². The lowest BCUT2D eigenvalue weighted by Crippen LogP contribution is -2.41. The highest BCUT2D eigenvalue weighted by Gasteiger charge is 2.18. The highest BCUT2D eigenvalue weighted by molar-refractivity contribution is 5.15. The summed E-state index contributed by atoms with van der Waals surface area (Å²) in [5.41, 5.74) is 1.26. The summed E-state index contributed by atoms with van der Waals surface area (Å²) >= 11 is 0. The van der Waals surface area contributed by atoms with Gasteiger partial charge in [0, 0.05) is 6.54 Å². The first-order chi connectivity index (χ1) is 6.84. The molecule has 1 saturated heterocycles. The van der Waals surface area contributed by atoms with Crippen LogP contribution in [0.3, 0.4) is 0 Å². The summed E-state index contributed by atoms with van der Waals surface area (Å²) in [5, 5.41) is 10.6. The van der Waals surface area contributed by atoms with Crippen LogP contribution in [0.4, 0.5) is 0 Å². The van der Waals surface area contributed by atoms with Gasteiger partial charge in [0.2, 0.25) is 0 Å². The van der Waals surface area contributed by atoms with Gasteiger partial charge >= 0.3 is 0 Å². The third kappa shape index (κ3) is 2.54. The topological polar surface area (TPSA) is 32.7 Å². The van der Waals surface area contributed by atoms with Gasteiger partial charge in [-0.1, -0.05) is 30.3 Å². The summed E-state index contributed by atoms with van der Waals surface area (Å²) in [7, 11) is 0. The predicted octanol–water partition coefficient (Wildman–Crippen LogP) is 1.32. The Morgan fingerprint density at radius 3 is 2.86 bits per heavy atom. The molecular formula is C11H15NO2. The molecule has 1 aromatic rings. The quantitative estimate of drug-likeness (QED) is 0.769. The zero-order chi connectivity index (χ0) is 9.80. The average Bonchev–Trinajstić information content (AvgIpc) is 2.19. The van der Waals surface area contributed by atoms with Crippen molar-refractivity contribution >= 4 is 0 Å². The Balaban J connectivity index is 1.91. The van der Waals surface area contributed by atoms with Crippen LogP contribution in [-0.2, 0) is 11.2 Å². The second-order valence-corrected chi connectivity index (χ2v) is 3.60. The van der Waals surface area contributed by atoms with Crippen LogP contribution in [0.1, 0.15) is 5.56 Å². The minimum Gasteiger partial charge on any atom is -0.375 e. The third-order valence-electron chi connectivity index (χ3n) is 2.42. The van der Waals surface area contributed by atoms with Crippen LogP contribution in [0.15, 0.2) is 30.3 Å². The van der Waals surface area contributed by atoms with E-state index >= 15 is 0 Å². The standard InChI is InChI=1S/C11H15NO2/c13-12-6-7-14-11(9-12)8-10-4-2-1-3-5-10/h1-5,11,13H,6-9H2. The molecule has 2 rings (SSSR count). The molecule has 14 heavy (non-hydrogen) atoms. The molecule has 1 heterocycles. The van der Waals surface area contributed by atoms with E-state index in [1.807, 2.05) is 18.2 Å². The molecule has 0 aromatic heterocycles. The summed E-state index contributed by atoms with van der Waals surface area (Å²) in [6.07, 6.45) is 0.994. The maximum absolute atomic E-state index is 9.31. The van der Waals surface area contributed by atoms with Crippen molar-refractivity contribution in [3.8, 4) is 0 Å². The normalized spacial score (nSPS) is 23.6. The molecule has 1 unspecified atom stereocenters. The van der Waals surface area contributed by atoms with Crippen LogP contribution in [0.2, 0.25) is 0 Å². The summed E-state index contributed by atoms with van der Waals surface area (Å²) in [5.74, 6) is 0. The van der Waals surface area contributed by atoms with Gasteiger partial charge in [-0.2, -0.15) is 5.06 Å². The molecule has 1 aromatic carbocycles. The molecule has 0 aliphatic carbocycles. The van der Waals surface area contributed by atoms with Gasteiger partial charge in [0.05, 0.1) is 19.3 Å². The number of morpholine rings is 1. The summed E-state index contributed by atoms with van der Waals surface area (Å²) in [6, 6.07) is 10.2. The molecule has 0 spiro atoms. The van der Waals surface area contributed by atoms with Crippen molar-refractivity contribution in [1.29, 1.82) is 0 Å². The van der Waals surface area contributed by atoms with E-state index in [4.69, 9.17) is 4.74 Å². The van der Waals surface area contributed by atoms with E-state index in [-0.39, 0.29) is 6.10 Å². The number of nitrogens with zero attached hydrogens (tertiary/aromatic N) is 1. The summed E-state index contributed by atoms with van der Waals surface area (Å²) < 4.78 is 5.55. The smallest absolute Gasteiger partial charge is 0.0766 e. The average molecular weight is 193 g/mol. The van der Waals surface area contributed by atoms with Gasteiger partial charge in [-0.25, -0.2) is 0 Å². The summed E-state index contributed by atoms with van der Waals surface area (Å²) in [4.78, 5) is 0. The number of hydroxylamine groups is 2. The lowest BCUT2D eigenvalue weighted by Gasteiger charge is -2.28. The molecule has 3 nitrogen and oxygen atoms in total. The van der Waals surface area contributed by atoms with Gasteiger partial charge in [0.1, 0.15) is 0 Å². The molecule has 1 aliphatic heterocycles. The first-order valence-electron chi connectivity index (χ1n) is 4.94. The van der Waals surface area contributed by atoms with Gasteiger partial charge in [-0.15, -0.1) is 0 Å². The number of hydrogen-bond acceptors (Lipinski definition) is 3. The number of rotatable bonds is 2. The van der Waals surface area contributed by atoms with Crippen LogP contribution in [0.5, 0.6) is 0 Å². The van der Waals surface area contributed by atoms with Crippen molar-refractivity contribution in [2.75, 3.05) is 19.7 Å². The van der Waals surface area contributed by atoms with E-state index in [0.29, 0.717) is 19.7 Å². The second kappa shape index (κ2) is 4.55. The monoisotopic (exact) mass is 193 g/mol. The summed E-state index contributed by atoms with van der Waals surface area (Å²) in [6.45, 7) is 1.84. The molecule has 0 bridgehead atoms. The fraction of sp³-hybridized carbons (Fsp3) is 0.455. The lowest BCUT2D eigenvalue weighted by molar-refractivity contribution is -0.168.